The fourth-order valence-electron chi connectivity index (χ4n) is 2.16. The second-order valence-corrected chi connectivity index (χ2v) is 4.89. The van der Waals surface area contributed by atoms with Crippen molar-refractivity contribution in [3.63, 3.8) is 0 Å². The fourth-order valence-corrected chi connectivity index (χ4v) is 2.16. The molecule has 0 radical (unpaired) electrons. The molecule has 1 saturated carbocycles. The summed E-state index contributed by atoms with van der Waals surface area (Å²) >= 11 is 0. The fraction of sp³-hybridized carbons (Fsp3) is 0.333. The lowest BCUT2D eigenvalue weighted by molar-refractivity contribution is 0.355. The Balaban J connectivity index is 1.88. The van der Waals surface area contributed by atoms with E-state index in [0.29, 0.717) is 22.9 Å². The van der Waals surface area contributed by atoms with Gasteiger partial charge in [0.25, 0.3) is 0 Å². The molecule has 110 valence electrons. The van der Waals surface area contributed by atoms with Gasteiger partial charge in [0, 0.05) is 17.7 Å². The van der Waals surface area contributed by atoms with Crippen molar-refractivity contribution in [2.45, 2.75) is 18.8 Å². The number of methoxy groups -OCH3 is 2. The maximum Gasteiger partial charge on any atom is 0.187 e. The van der Waals surface area contributed by atoms with Crippen LogP contribution in [0.2, 0.25) is 0 Å². The van der Waals surface area contributed by atoms with Gasteiger partial charge >= 0.3 is 0 Å². The van der Waals surface area contributed by atoms with Gasteiger partial charge in [0.15, 0.2) is 23.1 Å². The molecule has 1 aromatic carbocycles. The molecule has 1 fully saturated rings. The maximum absolute atomic E-state index is 14.3. The molecule has 0 unspecified atom stereocenters. The third-order valence-electron chi connectivity index (χ3n) is 3.43. The van der Waals surface area contributed by atoms with E-state index < -0.39 is 0 Å². The van der Waals surface area contributed by atoms with Gasteiger partial charge in [-0.2, -0.15) is 0 Å². The van der Waals surface area contributed by atoms with E-state index >= 15 is 0 Å². The van der Waals surface area contributed by atoms with Crippen molar-refractivity contribution in [3.8, 4) is 11.5 Å². The minimum atomic E-state index is -0.380. The van der Waals surface area contributed by atoms with Crippen molar-refractivity contribution in [1.82, 2.24) is 9.97 Å². The standard InChI is InChI=1S/C15H16FN3O2/c1-20-11-6-5-10(7-12(11)21-2)19-15-13(16)14(9-3-4-9)17-8-18-15/h5-9H,3-4H2,1-2H3,(H,17,18,19). The topological polar surface area (TPSA) is 56.3 Å². The summed E-state index contributed by atoms with van der Waals surface area (Å²) in [7, 11) is 3.12. The number of aromatic nitrogens is 2. The number of nitrogens with zero attached hydrogens (tertiary/aromatic N) is 2. The molecule has 2 aromatic rings. The maximum atomic E-state index is 14.3. The molecule has 21 heavy (non-hydrogen) atoms. The van der Waals surface area contributed by atoms with Gasteiger partial charge in [-0.25, -0.2) is 14.4 Å². The third-order valence-corrected chi connectivity index (χ3v) is 3.43. The Kier molecular flexibility index (Phi) is 3.60. The zero-order valence-electron chi connectivity index (χ0n) is 11.9. The van der Waals surface area contributed by atoms with Gasteiger partial charge in [-0.05, 0) is 25.0 Å². The molecule has 1 N–H and O–H groups in total. The summed E-state index contributed by atoms with van der Waals surface area (Å²) in [5, 5.41) is 2.96. The molecule has 0 amide bonds. The number of hydrogen-bond donors (Lipinski definition) is 1. The van der Waals surface area contributed by atoms with Crippen LogP contribution in [0.5, 0.6) is 11.5 Å². The van der Waals surface area contributed by atoms with E-state index in [0.717, 1.165) is 12.8 Å². The number of hydrogen-bond acceptors (Lipinski definition) is 5. The number of ether oxygens (including phenoxy) is 2. The van der Waals surface area contributed by atoms with E-state index in [9.17, 15) is 4.39 Å². The highest BCUT2D eigenvalue weighted by Gasteiger charge is 2.29. The number of halogens is 1. The minimum absolute atomic E-state index is 0.180. The third kappa shape index (κ3) is 2.74. The van der Waals surface area contributed by atoms with Crippen LogP contribution in [-0.4, -0.2) is 24.2 Å². The molecule has 1 aromatic heterocycles. The van der Waals surface area contributed by atoms with Gasteiger partial charge in [-0.1, -0.05) is 0 Å². The second-order valence-electron chi connectivity index (χ2n) is 4.89. The largest absolute Gasteiger partial charge is 0.493 e. The van der Waals surface area contributed by atoms with Gasteiger partial charge in [-0.15, -0.1) is 0 Å². The van der Waals surface area contributed by atoms with Gasteiger partial charge in [0.2, 0.25) is 0 Å². The Labute approximate surface area is 122 Å². The summed E-state index contributed by atoms with van der Waals surface area (Å²) < 4.78 is 24.7. The molecule has 5 nitrogen and oxygen atoms in total. The van der Waals surface area contributed by atoms with Gasteiger partial charge < -0.3 is 14.8 Å². The first-order valence-corrected chi connectivity index (χ1v) is 6.72. The molecular weight excluding hydrogens is 273 g/mol. The van der Waals surface area contributed by atoms with E-state index in [1.54, 1.807) is 32.4 Å². The molecule has 1 heterocycles. The lowest BCUT2D eigenvalue weighted by atomic mass is 10.2. The highest BCUT2D eigenvalue weighted by atomic mass is 19.1. The highest BCUT2D eigenvalue weighted by Crippen LogP contribution is 2.41. The van der Waals surface area contributed by atoms with Crippen molar-refractivity contribution in [2.24, 2.45) is 0 Å². The van der Waals surface area contributed by atoms with Crippen LogP contribution in [0.25, 0.3) is 0 Å². The van der Waals surface area contributed by atoms with Gasteiger partial charge in [0.1, 0.15) is 6.33 Å². The normalized spacial score (nSPS) is 13.9. The summed E-state index contributed by atoms with van der Waals surface area (Å²) in [6, 6.07) is 5.26. The first kappa shape index (κ1) is 13.6. The van der Waals surface area contributed by atoms with Crippen LogP contribution in [0, 0.1) is 5.82 Å². The SMILES string of the molecule is COc1ccc(Nc2ncnc(C3CC3)c2F)cc1OC. The molecule has 3 rings (SSSR count). The Morgan fingerprint density at radius 1 is 1.14 bits per heavy atom. The predicted molar refractivity (Wildman–Crippen MR) is 76.8 cm³/mol. The average Bonchev–Trinajstić information content (AvgIpc) is 3.34. The van der Waals surface area contributed by atoms with E-state index in [2.05, 4.69) is 15.3 Å². The molecule has 0 saturated heterocycles. The second kappa shape index (κ2) is 5.55. The molecule has 0 spiro atoms. The zero-order chi connectivity index (χ0) is 14.8. The number of anilines is 2. The average molecular weight is 289 g/mol. The lowest BCUT2D eigenvalue weighted by Gasteiger charge is -2.12. The molecular formula is C15H16FN3O2. The van der Waals surface area contributed by atoms with E-state index in [1.165, 1.54) is 6.33 Å². The summed E-state index contributed by atoms with van der Waals surface area (Å²) in [5.41, 5.74) is 1.17. The quantitative estimate of drug-likeness (QED) is 0.915. The Morgan fingerprint density at radius 2 is 1.90 bits per heavy atom. The highest BCUT2D eigenvalue weighted by molar-refractivity contribution is 5.62. The summed E-state index contributed by atoms with van der Waals surface area (Å²) in [5.74, 6) is 1.22. The van der Waals surface area contributed by atoms with Crippen molar-refractivity contribution in [3.05, 3.63) is 36.0 Å². The minimum Gasteiger partial charge on any atom is -0.493 e. The molecule has 0 bridgehead atoms. The van der Waals surface area contributed by atoms with Crippen molar-refractivity contribution < 1.29 is 13.9 Å². The molecule has 0 atom stereocenters. The lowest BCUT2D eigenvalue weighted by Crippen LogP contribution is -2.03. The van der Waals surface area contributed by atoms with Crippen LogP contribution in [0.3, 0.4) is 0 Å². The Hall–Kier alpha value is -2.37. The summed E-state index contributed by atoms with van der Waals surface area (Å²) in [6.07, 6.45) is 3.37. The summed E-state index contributed by atoms with van der Waals surface area (Å²) in [6.45, 7) is 0. The van der Waals surface area contributed by atoms with Crippen LogP contribution in [0.1, 0.15) is 24.5 Å². The molecule has 1 aliphatic carbocycles. The Morgan fingerprint density at radius 3 is 2.57 bits per heavy atom. The number of rotatable bonds is 5. The van der Waals surface area contributed by atoms with Crippen molar-refractivity contribution in [1.29, 1.82) is 0 Å². The smallest absolute Gasteiger partial charge is 0.187 e. The van der Waals surface area contributed by atoms with Crippen LogP contribution < -0.4 is 14.8 Å². The molecule has 0 aliphatic heterocycles. The number of benzene rings is 1. The predicted octanol–water partition coefficient (Wildman–Crippen LogP) is 3.25. The first-order chi connectivity index (χ1) is 10.2. The summed E-state index contributed by atoms with van der Waals surface area (Å²) in [4.78, 5) is 8.01. The van der Waals surface area contributed by atoms with Crippen LogP contribution in [-0.2, 0) is 0 Å². The van der Waals surface area contributed by atoms with E-state index in [1.807, 2.05) is 0 Å². The van der Waals surface area contributed by atoms with Crippen LogP contribution in [0.15, 0.2) is 24.5 Å². The van der Waals surface area contributed by atoms with Crippen LogP contribution in [0.4, 0.5) is 15.9 Å². The van der Waals surface area contributed by atoms with Gasteiger partial charge in [0.05, 0.1) is 19.9 Å². The molecule has 6 heteroatoms. The Bertz CT molecular complexity index is 659. The number of nitrogens with one attached hydrogen (secondary N) is 1. The monoisotopic (exact) mass is 289 g/mol. The first-order valence-electron chi connectivity index (χ1n) is 6.72. The van der Waals surface area contributed by atoms with Crippen LogP contribution >= 0.6 is 0 Å². The van der Waals surface area contributed by atoms with E-state index in [-0.39, 0.29) is 17.6 Å². The van der Waals surface area contributed by atoms with E-state index in [4.69, 9.17) is 9.47 Å². The van der Waals surface area contributed by atoms with Crippen molar-refractivity contribution in [2.75, 3.05) is 19.5 Å². The zero-order valence-corrected chi connectivity index (χ0v) is 11.9. The van der Waals surface area contributed by atoms with Crippen molar-refractivity contribution >= 4 is 11.5 Å². The van der Waals surface area contributed by atoms with Gasteiger partial charge in [-0.3, -0.25) is 0 Å². The molecule has 1 aliphatic rings.